The Balaban J connectivity index is 2.83. The lowest BCUT2D eigenvalue weighted by Crippen LogP contribution is -2.16. The Labute approximate surface area is 82.7 Å². The van der Waals surface area contributed by atoms with E-state index in [1.807, 2.05) is 0 Å². The van der Waals surface area contributed by atoms with E-state index in [0.29, 0.717) is 5.41 Å². The van der Waals surface area contributed by atoms with Crippen LogP contribution in [-0.4, -0.2) is 0 Å². The molecule has 0 aromatic carbocycles. The van der Waals surface area contributed by atoms with Crippen molar-refractivity contribution in [1.29, 1.82) is 0 Å². The van der Waals surface area contributed by atoms with E-state index in [9.17, 15) is 0 Å². The van der Waals surface area contributed by atoms with Gasteiger partial charge in [0.15, 0.2) is 0 Å². The summed E-state index contributed by atoms with van der Waals surface area (Å²) in [5.74, 6) is 0. The number of hydrogen-bond acceptors (Lipinski definition) is 0. The molecule has 0 saturated carbocycles. The lowest BCUT2D eigenvalue weighted by molar-refractivity contribution is 0.362. The van der Waals surface area contributed by atoms with Crippen LogP contribution in [0.25, 0.3) is 0 Å². The van der Waals surface area contributed by atoms with E-state index < -0.39 is 0 Å². The summed E-state index contributed by atoms with van der Waals surface area (Å²) in [5.41, 5.74) is 5.14. The fourth-order valence-electron chi connectivity index (χ4n) is 1.95. The Morgan fingerprint density at radius 2 is 1.77 bits per heavy atom. The minimum absolute atomic E-state index is 0.443. The standard InChI is InChI=1S/C13H22/c1-6-13(5,7-2)12-8-10(3)11(4)9-12/h8H,6-7,9H2,1-5H3. The van der Waals surface area contributed by atoms with Crippen molar-refractivity contribution in [1.82, 2.24) is 0 Å². The second-order valence-electron chi connectivity index (χ2n) is 4.58. The summed E-state index contributed by atoms with van der Waals surface area (Å²) in [4.78, 5) is 0. The normalized spacial score (nSPS) is 18.1. The lowest BCUT2D eigenvalue weighted by atomic mass is 9.76. The highest BCUT2D eigenvalue weighted by atomic mass is 14.3. The zero-order chi connectivity index (χ0) is 10.1. The predicted molar refractivity (Wildman–Crippen MR) is 59.8 cm³/mol. The molecule has 13 heavy (non-hydrogen) atoms. The van der Waals surface area contributed by atoms with E-state index in [0.717, 1.165) is 0 Å². The first-order valence-corrected chi connectivity index (χ1v) is 5.41. The van der Waals surface area contributed by atoms with Crippen LogP contribution in [0.2, 0.25) is 0 Å². The van der Waals surface area contributed by atoms with Gasteiger partial charge in [-0.25, -0.2) is 0 Å². The lowest BCUT2D eigenvalue weighted by Gasteiger charge is -2.29. The Hall–Kier alpha value is -0.520. The Bertz CT molecular complexity index is 249. The van der Waals surface area contributed by atoms with Crippen LogP contribution in [0.4, 0.5) is 0 Å². The molecule has 1 aliphatic carbocycles. The van der Waals surface area contributed by atoms with Crippen LogP contribution in [0.1, 0.15) is 53.9 Å². The van der Waals surface area contributed by atoms with Gasteiger partial charge >= 0.3 is 0 Å². The number of hydrogen-bond donors (Lipinski definition) is 0. The molecule has 0 amide bonds. The Kier molecular flexibility index (Phi) is 3.00. The van der Waals surface area contributed by atoms with Crippen LogP contribution in [0, 0.1) is 5.41 Å². The van der Waals surface area contributed by atoms with Crippen LogP contribution in [0.5, 0.6) is 0 Å². The summed E-state index contributed by atoms with van der Waals surface area (Å²) in [6.07, 6.45) is 6.14. The predicted octanol–water partition coefficient (Wildman–Crippen LogP) is 4.48. The zero-order valence-corrected chi connectivity index (χ0v) is 9.70. The third-order valence-electron chi connectivity index (χ3n) is 3.86. The van der Waals surface area contributed by atoms with Gasteiger partial charge in [0.05, 0.1) is 0 Å². The molecule has 0 atom stereocenters. The molecule has 0 N–H and O–H groups in total. The molecule has 0 heteroatoms. The van der Waals surface area contributed by atoms with Crippen LogP contribution in [0.3, 0.4) is 0 Å². The van der Waals surface area contributed by atoms with Gasteiger partial charge in [-0.3, -0.25) is 0 Å². The highest BCUT2D eigenvalue weighted by molar-refractivity contribution is 5.39. The van der Waals surface area contributed by atoms with Gasteiger partial charge < -0.3 is 0 Å². The summed E-state index contributed by atoms with van der Waals surface area (Å²) in [6.45, 7) is 11.5. The highest BCUT2D eigenvalue weighted by Crippen LogP contribution is 2.41. The van der Waals surface area contributed by atoms with E-state index in [2.05, 4.69) is 40.7 Å². The molecule has 0 aromatic rings. The molecule has 1 aliphatic rings. The average molecular weight is 178 g/mol. The first kappa shape index (κ1) is 10.6. The number of allylic oxidation sites excluding steroid dienone is 4. The largest absolute Gasteiger partial charge is 0.0663 e. The van der Waals surface area contributed by atoms with Gasteiger partial charge in [0.25, 0.3) is 0 Å². The van der Waals surface area contributed by atoms with Gasteiger partial charge in [0.1, 0.15) is 0 Å². The van der Waals surface area contributed by atoms with Crippen LogP contribution in [0.15, 0.2) is 22.8 Å². The van der Waals surface area contributed by atoms with Crippen LogP contribution < -0.4 is 0 Å². The molecule has 74 valence electrons. The first-order chi connectivity index (χ1) is 6.03. The molecule has 0 fully saturated rings. The maximum absolute atomic E-state index is 2.41. The molecule has 0 heterocycles. The third-order valence-corrected chi connectivity index (χ3v) is 3.86. The minimum Gasteiger partial charge on any atom is -0.0663 e. The van der Waals surface area contributed by atoms with Crippen molar-refractivity contribution in [2.75, 3.05) is 0 Å². The molecule has 0 unspecified atom stereocenters. The van der Waals surface area contributed by atoms with Crippen molar-refractivity contribution in [3.63, 3.8) is 0 Å². The smallest absolute Gasteiger partial charge is 0.00968 e. The molecule has 1 rings (SSSR count). The second-order valence-corrected chi connectivity index (χ2v) is 4.58. The highest BCUT2D eigenvalue weighted by Gasteiger charge is 2.27. The van der Waals surface area contributed by atoms with Gasteiger partial charge in [0.2, 0.25) is 0 Å². The van der Waals surface area contributed by atoms with E-state index in [4.69, 9.17) is 0 Å². The van der Waals surface area contributed by atoms with Crippen molar-refractivity contribution >= 4 is 0 Å². The SMILES string of the molecule is CCC(C)(CC)C1=CC(C)=C(C)C1. The minimum atomic E-state index is 0.443. The molecule has 0 aliphatic heterocycles. The van der Waals surface area contributed by atoms with Gasteiger partial charge in [-0.15, -0.1) is 0 Å². The molecule has 0 bridgehead atoms. The quantitative estimate of drug-likeness (QED) is 0.597. The van der Waals surface area contributed by atoms with Crippen molar-refractivity contribution in [2.45, 2.75) is 53.9 Å². The van der Waals surface area contributed by atoms with E-state index >= 15 is 0 Å². The molecule has 0 saturated heterocycles. The molecule has 0 spiro atoms. The molecular weight excluding hydrogens is 156 g/mol. The summed E-state index contributed by atoms with van der Waals surface area (Å²) in [6, 6.07) is 0. The Morgan fingerprint density at radius 1 is 1.23 bits per heavy atom. The van der Waals surface area contributed by atoms with Gasteiger partial charge in [0, 0.05) is 0 Å². The second kappa shape index (κ2) is 3.69. The average Bonchev–Trinajstić information content (AvgIpc) is 2.46. The molecule has 0 nitrogen and oxygen atoms in total. The van der Waals surface area contributed by atoms with E-state index in [-0.39, 0.29) is 0 Å². The van der Waals surface area contributed by atoms with E-state index in [1.165, 1.54) is 24.8 Å². The number of rotatable bonds is 3. The molecule has 0 radical (unpaired) electrons. The van der Waals surface area contributed by atoms with Crippen LogP contribution >= 0.6 is 0 Å². The van der Waals surface area contributed by atoms with Gasteiger partial charge in [-0.2, -0.15) is 0 Å². The fourth-order valence-corrected chi connectivity index (χ4v) is 1.95. The summed E-state index contributed by atoms with van der Waals surface area (Å²) < 4.78 is 0. The fraction of sp³-hybridized carbons (Fsp3) is 0.692. The van der Waals surface area contributed by atoms with Crippen molar-refractivity contribution in [3.05, 3.63) is 22.8 Å². The first-order valence-electron chi connectivity index (χ1n) is 5.41. The zero-order valence-electron chi connectivity index (χ0n) is 9.70. The monoisotopic (exact) mass is 178 g/mol. The molecule has 0 aromatic heterocycles. The van der Waals surface area contributed by atoms with Gasteiger partial charge in [-0.05, 0) is 38.5 Å². The molecular formula is C13H22. The summed E-state index contributed by atoms with van der Waals surface area (Å²) >= 11 is 0. The maximum atomic E-state index is 2.41. The van der Waals surface area contributed by atoms with E-state index in [1.54, 1.807) is 11.1 Å². The van der Waals surface area contributed by atoms with Crippen molar-refractivity contribution in [3.8, 4) is 0 Å². The summed E-state index contributed by atoms with van der Waals surface area (Å²) in [7, 11) is 0. The van der Waals surface area contributed by atoms with Gasteiger partial charge in [-0.1, -0.05) is 43.6 Å². The third kappa shape index (κ3) is 1.87. The maximum Gasteiger partial charge on any atom is -0.00968 e. The summed E-state index contributed by atoms with van der Waals surface area (Å²) in [5, 5.41) is 0. The topological polar surface area (TPSA) is 0 Å². The Morgan fingerprint density at radius 3 is 2.08 bits per heavy atom. The van der Waals surface area contributed by atoms with Crippen molar-refractivity contribution in [2.24, 2.45) is 5.41 Å². The van der Waals surface area contributed by atoms with Crippen molar-refractivity contribution < 1.29 is 0 Å². The van der Waals surface area contributed by atoms with Crippen LogP contribution in [-0.2, 0) is 0 Å².